The quantitative estimate of drug-likeness (QED) is 0.429. The second-order valence-corrected chi connectivity index (χ2v) is 7.24. The number of hydrogen-bond donors (Lipinski definition) is 0. The van der Waals surface area contributed by atoms with Gasteiger partial charge in [-0.15, -0.1) is 11.8 Å². The van der Waals surface area contributed by atoms with E-state index in [9.17, 15) is 13.6 Å². The van der Waals surface area contributed by atoms with Gasteiger partial charge in [-0.3, -0.25) is 9.78 Å². The number of aryl methyl sites for hydroxylation is 2. The Balaban J connectivity index is 2.10. The Bertz CT molecular complexity index is 941. The van der Waals surface area contributed by atoms with Gasteiger partial charge in [0.15, 0.2) is 6.29 Å². The minimum Gasteiger partial charge on any atom is -0.296 e. The highest BCUT2D eigenvalue weighted by Crippen LogP contribution is 2.42. The van der Waals surface area contributed by atoms with Gasteiger partial charge < -0.3 is 0 Å². The fraction of sp³-hybridized carbons (Fsp3) is 0.143. The molecule has 0 fully saturated rings. The molecule has 132 valence electrons. The largest absolute Gasteiger partial charge is 0.296 e. The van der Waals surface area contributed by atoms with Crippen LogP contribution < -0.4 is 0 Å². The van der Waals surface area contributed by atoms with E-state index in [1.165, 1.54) is 17.8 Å². The van der Waals surface area contributed by atoms with Gasteiger partial charge in [0.05, 0.1) is 5.25 Å². The first-order valence-electron chi connectivity index (χ1n) is 8.08. The van der Waals surface area contributed by atoms with Gasteiger partial charge in [0.1, 0.15) is 17.3 Å². The van der Waals surface area contributed by atoms with Crippen LogP contribution >= 0.6 is 11.8 Å². The van der Waals surface area contributed by atoms with E-state index in [0.717, 1.165) is 33.7 Å². The lowest BCUT2D eigenvalue weighted by Gasteiger charge is -2.20. The van der Waals surface area contributed by atoms with Crippen molar-refractivity contribution in [1.82, 2.24) is 4.98 Å². The third-order valence-corrected chi connectivity index (χ3v) is 5.38. The first kappa shape index (κ1) is 18.3. The third kappa shape index (κ3) is 3.99. The Morgan fingerprint density at radius 2 is 1.73 bits per heavy atom. The Labute approximate surface area is 155 Å². The highest BCUT2D eigenvalue weighted by molar-refractivity contribution is 7.99. The molecule has 26 heavy (non-hydrogen) atoms. The van der Waals surface area contributed by atoms with Crippen LogP contribution in [0.4, 0.5) is 8.78 Å². The van der Waals surface area contributed by atoms with Crippen LogP contribution in [-0.4, -0.2) is 11.3 Å². The maximum absolute atomic E-state index is 14.5. The number of aromatic nitrogens is 1. The lowest BCUT2D eigenvalue weighted by molar-refractivity contribution is 0.111. The predicted octanol–water partition coefficient (Wildman–Crippen LogP) is 5.67. The Morgan fingerprint density at radius 3 is 2.38 bits per heavy atom. The summed E-state index contributed by atoms with van der Waals surface area (Å²) < 4.78 is 28.3. The van der Waals surface area contributed by atoms with Crippen LogP contribution in [0.5, 0.6) is 0 Å². The van der Waals surface area contributed by atoms with Crippen LogP contribution in [0.1, 0.15) is 38.0 Å². The molecule has 0 spiro atoms. The summed E-state index contributed by atoms with van der Waals surface area (Å²) in [5.41, 5.74) is 3.22. The van der Waals surface area contributed by atoms with Crippen molar-refractivity contribution >= 4 is 18.0 Å². The Morgan fingerprint density at radius 1 is 1.00 bits per heavy atom. The van der Waals surface area contributed by atoms with Crippen LogP contribution in [0, 0.1) is 25.5 Å². The van der Waals surface area contributed by atoms with E-state index in [1.54, 1.807) is 12.3 Å². The Kier molecular flexibility index (Phi) is 5.47. The van der Waals surface area contributed by atoms with Gasteiger partial charge in [-0.05, 0) is 61.4 Å². The van der Waals surface area contributed by atoms with Gasteiger partial charge in [-0.2, -0.15) is 0 Å². The average molecular weight is 369 g/mol. The topological polar surface area (TPSA) is 30.0 Å². The molecule has 5 heteroatoms. The van der Waals surface area contributed by atoms with E-state index in [-0.39, 0.29) is 5.56 Å². The van der Waals surface area contributed by atoms with Gasteiger partial charge in [0.2, 0.25) is 0 Å². The van der Waals surface area contributed by atoms with E-state index >= 15 is 0 Å². The van der Waals surface area contributed by atoms with Crippen molar-refractivity contribution in [2.75, 3.05) is 0 Å². The van der Waals surface area contributed by atoms with Gasteiger partial charge in [-0.1, -0.05) is 17.7 Å². The molecule has 0 aliphatic carbocycles. The summed E-state index contributed by atoms with van der Waals surface area (Å²) in [6, 6.07) is 13.0. The second-order valence-electron chi connectivity index (χ2n) is 6.06. The molecule has 2 nitrogen and oxygen atoms in total. The molecule has 2 aromatic carbocycles. The number of halogens is 2. The number of pyridine rings is 1. The zero-order chi connectivity index (χ0) is 18.7. The number of nitrogens with zero attached hydrogens (tertiary/aromatic N) is 1. The zero-order valence-electron chi connectivity index (χ0n) is 14.4. The van der Waals surface area contributed by atoms with Crippen molar-refractivity contribution < 1.29 is 13.6 Å². The standard InChI is InChI=1S/C21H17F2NOS/c1-13-3-6-17(7-4-13)26-21(18-10-15(22)5-8-20(18)23)19-11-24-16(12-25)9-14(19)2/h3-12,21H,1-2H3. The summed E-state index contributed by atoms with van der Waals surface area (Å²) in [6.45, 7) is 3.83. The number of thioether (sulfide) groups is 1. The van der Waals surface area contributed by atoms with E-state index in [1.807, 2.05) is 38.1 Å². The number of carbonyl (C=O) groups excluding carboxylic acids is 1. The molecule has 0 bridgehead atoms. The maximum Gasteiger partial charge on any atom is 0.168 e. The normalized spacial score (nSPS) is 12.0. The van der Waals surface area contributed by atoms with Crippen LogP contribution in [0.2, 0.25) is 0 Å². The maximum atomic E-state index is 14.5. The lowest BCUT2D eigenvalue weighted by Crippen LogP contribution is -2.05. The number of carbonyl (C=O) groups is 1. The molecule has 3 rings (SSSR count). The summed E-state index contributed by atoms with van der Waals surface area (Å²) in [5.74, 6) is -0.971. The van der Waals surface area contributed by atoms with Crippen molar-refractivity contribution in [1.29, 1.82) is 0 Å². The van der Waals surface area contributed by atoms with Gasteiger partial charge in [-0.25, -0.2) is 8.78 Å². The second kappa shape index (κ2) is 7.79. The average Bonchev–Trinajstić information content (AvgIpc) is 2.64. The van der Waals surface area contributed by atoms with Crippen molar-refractivity contribution in [2.45, 2.75) is 24.0 Å². The third-order valence-electron chi connectivity index (χ3n) is 4.09. The molecule has 1 heterocycles. The van der Waals surface area contributed by atoms with E-state index in [4.69, 9.17) is 0 Å². The first-order valence-corrected chi connectivity index (χ1v) is 8.96. The molecule has 0 aliphatic heterocycles. The molecule has 3 aromatic rings. The molecular weight excluding hydrogens is 352 g/mol. The molecule has 0 radical (unpaired) electrons. The monoisotopic (exact) mass is 369 g/mol. The molecule has 0 saturated carbocycles. The highest BCUT2D eigenvalue weighted by atomic mass is 32.2. The SMILES string of the molecule is Cc1ccc(SC(c2cnc(C=O)cc2C)c2cc(F)ccc2F)cc1. The molecule has 0 aliphatic rings. The number of benzene rings is 2. The highest BCUT2D eigenvalue weighted by Gasteiger charge is 2.22. The van der Waals surface area contributed by atoms with Crippen LogP contribution in [0.3, 0.4) is 0 Å². The van der Waals surface area contributed by atoms with Gasteiger partial charge >= 0.3 is 0 Å². The van der Waals surface area contributed by atoms with E-state index < -0.39 is 16.9 Å². The van der Waals surface area contributed by atoms with Gasteiger partial charge in [0.25, 0.3) is 0 Å². The summed E-state index contributed by atoms with van der Waals surface area (Å²) >= 11 is 1.42. The number of hydrogen-bond acceptors (Lipinski definition) is 3. The molecule has 0 saturated heterocycles. The zero-order valence-corrected chi connectivity index (χ0v) is 15.2. The summed E-state index contributed by atoms with van der Waals surface area (Å²) in [5, 5.41) is -0.485. The minimum atomic E-state index is -0.494. The molecule has 0 N–H and O–H groups in total. The predicted molar refractivity (Wildman–Crippen MR) is 99.6 cm³/mol. The molecule has 1 atom stereocenters. The van der Waals surface area contributed by atoms with Crippen molar-refractivity contribution in [2.24, 2.45) is 0 Å². The van der Waals surface area contributed by atoms with Crippen molar-refractivity contribution in [3.05, 3.63) is 94.3 Å². The Hall–Kier alpha value is -2.53. The molecular formula is C21H17F2NOS. The molecule has 1 unspecified atom stereocenters. The fourth-order valence-corrected chi connectivity index (χ4v) is 3.94. The summed E-state index contributed by atoms with van der Waals surface area (Å²) in [7, 11) is 0. The van der Waals surface area contributed by atoms with Crippen molar-refractivity contribution in [3.8, 4) is 0 Å². The number of rotatable bonds is 5. The van der Waals surface area contributed by atoms with Gasteiger partial charge in [0, 0.05) is 16.7 Å². The van der Waals surface area contributed by atoms with Crippen LogP contribution in [-0.2, 0) is 0 Å². The molecule has 0 amide bonds. The fourth-order valence-electron chi connectivity index (χ4n) is 2.69. The summed E-state index contributed by atoms with van der Waals surface area (Å²) in [6.07, 6.45) is 2.23. The van der Waals surface area contributed by atoms with Crippen molar-refractivity contribution in [3.63, 3.8) is 0 Å². The van der Waals surface area contributed by atoms with E-state index in [2.05, 4.69) is 4.98 Å². The smallest absolute Gasteiger partial charge is 0.168 e. The lowest BCUT2D eigenvalue weighted by atomic mass is 10.0. The van der Waals surface area contributed by atoms with Crippen LogP contribution in [0.15, 0.2) is 59.6 Å². The summed E-state index contributed by atoms with van der Waals surface area (Å²) in [4.78, 5) is 16.0. The first-order chi connectivity index (χ1) is 12.5. The van der Waals surface area contributed by atoms with E-state index in [0.29, 0.717) is 12.0 Å². The minimum absolute atomic E-state index is 0.249. The molecule has 1 aromatic heterocycles. The van der Waals surface area contributed by atoms with Crippen LogP contribution in [0.25, 0.3) is 0 Å². The number of aldehydes is 1.